The Morgan fingerprint density at radius 1 is 1.31 bits per heavy atom. The van der Waals surface area contributed by atoms with Crippen molar-refractivity contribution in [2.24, 2.45) is 7.05 Å². The summed E-state index contributed by atoms with van der Waals surface area (Å²) in [4.78, 5) is 19.0. The summed E-state index contributed by atoms with van der Waals surface area (Å²) in [5, 5.41) is 3.19. The summed E-state index contributed by atoms with van der Waals surface area (Å²) in [7, 11) is 1.98. The predicted molar refractivity (Wildman–Crippen MR) is 96.7 cm³/mol. The molecule has 0 aliphatic carbocycles. The highest BCUT2D eigenvalue weighted by Gasteiger charge is 2.43. The Balaban J connectivity index is 1.69. The van der Waals surface area contributed by atoms with Crippen LogP contribution in [-0.2, 0) is 18.4 Å². The maximum Gasteiger partial charge on any atom is 0.220 e. The standard InChI is InChI=1S/C20H25FN4O/c1-24-11-10-22-19(24)13-25-17-8-4-5-9-20(26)23-16(17)12-18(25)14-6-2-3-7-15(14)21/h2-3,6-7,10-11,16-18H,4-5,8-9,12-13H2,1H3,(H,23,26)/t16-,17+,18+/m1/s1. The van der Waals surface area contributed by atoms with Crippen molar-refractivity contribution in [2.75, 3.05) is 0 Å². The van der Waals surface area contributed by atoms with E-state index in [1.54, 1.807) is 12.3 Å². The molecule has 1 amide bonds. The maximum absolute atomic E-state index is 14.6. The molecular weight excluding hydrogens is 331 g/mol. The van der Waals surface area contributed by atoms with Crippen LogP contribution >= 0.6 is 0 Å². The zero-order chi connectivity index (χ0) is 18.1. The van der Waals surface area contributed by atoms with E-state index in [9.17, 15) is 9.18 Å². The molecule has 6 heteroatoms. The van der Waals surface area contributed by atoms with Gasteiger partial charge >= 0.3 is 0 Å². The average Bonchev–Trinajstić information content (AvgIpc) is 3.15. The fourth-order valence-electron chi connectivity index (χ4n) is 4.43. The number of hydrogen-bond acceptors (Lipinski definition) is 3. The Hall–Kier alpha value is -2.21. The van der Waals surface area contributed by atoms with Crippen molar-refractivity contribution in [1.29, 1.82) is 0 Å². The van der Waals surface area contributed by atoms with Crippen LogP contribution in [0.5, 0.6) is 0 Å². The highest BCUT2D eigenvalue weighted by molar-refractivity contribution is 5.76. The molecule has 5 nitrogen and oxygen atoms in total. The van der Waals surface area contributed by atoms with Gasteiger partial charge in [0.05, 0.1) is 6.54 Å². The Morgan fingerprint density at radius 3 is 2.92 bits per heavy atom. The van der Waals surface area contributed by atoms with Crippen LogP contribution in [0, 0.1) is 5.82 Å². The summed E-state index contributed by atoms with van der Waals surface area (Å²) in [6, 6.07) is 7.21. The summed E-state index contributed by atoms with van der Waals surface area (Å²) in [6.07, 6.45) is 8.00. The summed E-state index contributed by atoms with van der Waals surface area (Å²) in [5.41, 5.74) is 0.711. The van der Waals surface area contributed by atoms with Crippen molar-refractivity contribution in [3.63, 3.8) is 0 Å². The number of halogens is 1. The average molecular weight is 356 g/mol. The Kier molecular flexibility index (Phi) is 4.76. The number of amides is 1. The van der Waals surface area contributed by atoms with Crippen molar-refractivity contribution >= 4 is 5.91 Å². The van der Waals surface area contributed by atoms with Gasteiger partial charge in [-0.3, -0.25) is 9.69 Å². The van der Waals surface area contributed by atoms with E-state index in [4.69, 9.17) is 0 Å². The smallest absolute Gasteiger partial charge is 0.220 e. The minimum Gasteiger partial charge on any atom is -0.352 e. The summed E-state index contributed by atoms with van der Waals surface area (Å²) in [5.74, 6) is 0.897. The lowest BCUT2D eigenvalue weighted by Gasteiger charge is -2.32. The van der Waals surface area contributed by atoms with Crippen LogP contribution in [0.25, 0.3) is 0 Å². The monoisotopic (exact) mass is 356 g/mol. The van der Waals surface area contributed by atoms with Gasteiger partial charge in [-0.15, -0.1) is 0 Å². The predicted octanol–water partition coefficient (Wildman–Crippen LogP) is 2.93. The van der Waals surface area contributed by atoms with Crippen LogP contribution in [0.4, 0.5) is 4.39 Å². The molecule has 4 rings (SSSR count). The zero-order valence-corrected chi connectivity index (χ0v) is 15.1. The second-order valence-corrected chi connectivity index (χ2v) is 7.39. The van der Waals surface area contributed by atoms with Crippen LogP contribution in [-0.4, -0.2) is 32.4 Å². The number of hydrogen-bond donors (Lipinski definition) is 1. The van der Waals surface area contributed by atoms with Crippen LogP contribution in [0.1, 0.15) is 49.5 Å². The van der Waals surface area contributed by atoms with Crippen molar-refractivity contribution in [1.82, 2.24) is 19.8 Å². The van der Waals surface area contributed by atoms with Gasteiger partial charge in [-0.2, -0.15) is 0 Å². The molecular formula is C20H25FN4O. The van der Waals surface area contributed by atoms with Gasteiger partial charge in [0.2, 0.25) is 5.91 Å². The molecule has 1 aromatic carbocycles. The number of carbonyl (C=O) groups is 1. The van der Waals surface area contributed by atoms with E-state index < -0.39 is 0 Å². The first kappa shape index (κ1) is 17.2. The number of imidazole rings is 1. The van der Waals surface area contributed by atoms with E-state index in [1.807, 2.05) is 29.9 Å². The van der Waals surface area contributed by atoms with Crippen molar-refractivity contribution in [3.05, 3.63) is 53.9 Å². The number of rotatable bonds is 3. The van der Waals surface area contributed by atoms with E-state index >= 15 is 0 Å². The van der Waals surface area contributed by atoms with E-state index in [0.29, 0.717) is 18.5 Å². The lowest BCUT2D eigenvalue weighted by atomic mass is 9.97. The summed E-state index contributed by atoms with van der Waals surface area (Å²) in [6.45, 7) is 0.652. The molecule has 2 aromatic rings. The molecule has 3 heterocycles. The molecule has 138 valence electrons. The first-order valence-electron chi connectivity index (χ1n) is 9.39. The number of fused-ring (bicyclic) bond motifs is 1. The third-order valence-electron chi connectivity index (χ3n) is 5.78. The number of nitrogens with zero attached hydrogens (tertiary/aromatic N) is 3. The SMILES string of the molecule is Cn1ccnc1CN1[C@H](c2ccccc2F)C[C@H]2NC(=O)CCCC[C@@H]21. The molecule has 1 aromatic heterocycles. The maximum atomic E-state index is 14.6. The number of benzene rings is 1. The first-order valence-corrected chi connectivity index (χ1v) is 9.39. The van der Waals surface area contributed by atoms with Crippen molar-refractivity contribution in [3.8, 4) is 0 Å². The quantitative estimate of drug-likeness (QED) is 0.920. The Bertz CT molecular complexity index is 790. The summed E-state index contributed by atoms with van der Waals surface area (Å²) < 4.78 is 16.6. The normalized spacial score (nSPS) is 26.8. The molecule has 0 unspecified atom stereocenters. The molecule has 1 N–H and O–H groups in total. The second-order valence-electron chi connectivity index (χ2n) is 7.39. The first-order chi connectivity index (χ1) is 12.6. The third-order valence-corrected chi connectivity index (χ3v) is 5.78. The van der Waals surface area contributed by atoms with Gasteiger partial charge in [0.15, 0.2) is 0 Å². The molecule has 2 aliphatic heterocycles. The molecule has 0 bridgehead atoms. The molecule has 0 saturated carbocycles. The van der Waals surface area contributed by atoms with Crippen molar-refractivity contribution < 1.29 is 9.18 Å². The highest BCUT2D eigenvalue weighted by atomic mass is 19.1. The van der Waals surface area contributed by atoms with Gasteiger partial charge in [-0.1, -0.05) is 24.6 Å². The zero-order valence-electron chi connectivity index (χ0n) is 15.1. The minimum absolute atomic E-state index is 0.0544. The van der Waals surface area contributed by atoms with Gasteiger partial charge in [0.25, 0.3) is 0 Å². The van der Waals surface area contributed by atoms with Gasteiger partial charge in [0, 0.05) is 49.6 Å². The van der Waals surface area contributed by atoms with Crippen LogP contribution in [0.2, 0.25) is 0 Å². The van der Waals surface area contributed by atoms with Gasteiger partial charge in [-0.25, -0.2) is 9.37 Å². The fourth-order valence-corrected chi connectivity index (χ4v) is 4.43. The number of nitrogens with one attached hydrogen (secondary N) is 1. The number of carbonyl (C=O) groups excluding carboxylic acids is 1. The van der Waals surface area contributed by atoms with E-state index in [0.717, 1.165) is 31.5 Å². The lowest BCUT2D eigenvalue weighted by molar-refractivity contribution is -0.122. The highest BCUT2D eigenvalue weighted by Crippen LogP contribution is 2.40. The molecule has 2 fully saturated rings. The van der Waals surface area contributed by atoms with Crippen LogP contribution < -0.4 is 5.32 Å². The van der Waals surface area contributed by atoms with E-state index in [-0.39, 0.29) is 29.8 Å². The number of aromatic nitrogens is 2. The van der Waals surface area contributed by atoms with Gasteiger partial charge in [0.1, 0.15) is 11.6 Å². The lowest BCUT2D eigenvalue weighted by Crippen LogP contribution is -2.46. The number of aryl methyl sites for hydroxylation is 1. The van der Waals surface area contributed by atoms with Gasteiger partial charge in [-0.05, 0) is 25.3 Å². The van der Waals surface area contributed by atoms with E-state index in [2.05, 4.69) is 15.2 Å². The van der Waals surface area contributed by atoms with Crippen molar-refractivity contribution in [2.45, 2.75) is 56.8 Å². The Morgan fingerprint density at radius 2 is 2.15 bits per heavy atom. The minimum atomic E-state index is -0.178. The van der Waals surface area contributed by atoms with E-state index in [1.165, 1.54) is 6.07 Å². The topological polar surface area (TPSA) is 50.2 Å². The van der Waals surface area contributed by atoms with Crippen LogP contribution in [0.15, 0.2) is 36.7 Å². The third kappa shape index (κ3) is 3.26. The summed E-state index contributed by atoms with van der Waals surface area (Å²) >= 11 is 0. The van der Waals surface area contributed by atoms with Gasteiger partial charge < -0.3 is 9.88 Å². The molecule has 26 heavy (non-hydrogen) atoms. The Labute approximate surface area is 153 Å². The molecule has 3 atom stereocenters. The largest absolute Gasteiger partial charge is 0.352 e. The molecule has 0 radical (unpaired) electrons. The molecule has 0 spiro atoms. The number of likely N-dealkylation sites (tertiary alicyclic amines) is 1. The molecule has 2 saturated heterocycles. The second kappa shape index (κ2) is 7.19. The van der Waals surface area contributed by atoms with Crippen LogP contribution in [0.3, 0.4) is 0 Å². The fraction of sp³-hybridized carbons (Fsp3) is 0.500. The molecule has 2 aliphatic rings.